The molecule has 1 aromatic heterocycles. The van der Waals surface area contributed by atoms with Crippen molar-refractivity contribution in [1.29, 1.82) is 0 Å². The Morgan fingerprint density at radius 3 is 2.93 bits per heavy atom. The Bertz CT molecular complexity index is 260. The Balaban J connectivity index is 2.38. The van der Waals surface area contributed by atoms with Crippen LogP contribution in [-0.4, -0.2) is 32.2 Å². The first kappa shape index (κ1) is 11.5. The lowest BCUT2D eigenvalue weighted by Gasteiger charge is -2.05. The first-order valence-electron chi connectivity index (χ1n) is 4.76. The first-order valence-corrected chi connectivity index (χ1v) is 6.15. The van der Waals surface area contributed by atoms with Gasteiger partial charge in [-0.05, 0) is 42.2 Å². The maximum atomic E-state index is 5.72. The fourth-order valence-corrected chi connectivity index (χ4v) is 1.70. The number of hydrogen-bond donors (Lipinski definition) is 1. The van der Waals surface area contributed by atoms with Gasteiger partial charge in [0, 0.05) is 6.54 Å². The van der Waals surface area contributed by atoms with Gasteiger partial charge in [-0.25, -0.2) is 4.68 Å². The molecule has 2 N–H and O–H groups in total. The van der Waals surface area contributed by atoms with E-state index < -0.39 is 0 Å². The number of thioether (sulfide) groups is 1. The van der Waals surface area contributed by atoms with Crippen LogP contribution in [0.4, 0.5) is 0 Å². The first-order chi connectivity index (χ1) is 6.75. The third-order valence-electron chi connectivity index (χ3n) is 1.94. The summed E-state index contributed by atoms with van der Waals surface area (Å²) in [6.07, 6.45) is 4.41. The van der Waals surface area contributed by atoms with Crippen molar-refractivity contribution in [2.75, 3.05) is 12.0 Å². The number of hydrogen-bond acceptors (Lipinski definition) is 5. The normalized spacial score (nSPS) is 13.1. The molecule has 6 heteroatoms. The Morgan fingerprint density at radius 2 is 2.29 bits per heavy atom. The van der Waals surface area contributed by atoms with Crippen molar-refractivity contribution in [1.82, 2.24) is 20.2 Å². The molecule has 0 aliphatic carbocycles. The molecule has 0 aliphatic rings. The van der Waals surface area contributed by atoms with E-state index in [0.717, 1.165) is 18.8 Å². The molecule has 0 saturated carbocycles. The van der Waals surface area contributed by atoms with Crippen molar-refractivity contribution in [3.05, 3.63) is 5.82 Å². The minimum Gasteiger partial charge on any atom is -0.322 e. The largest absolute Gasteiger partial charge is 0.322 e. The summed E-state index contributed by atoms with van der Waals surface area (Å²) in [4.78, 5) is 0. The third-order valence-corrected chi connectivity index (χ3v) is 2.63. The van der Waals surface area contributed by atoms with Gasteiger partial charge in [0.15, 0.2) is 5.82 Å². The average molecular weight is 215 g/mol. The van der Waals surface area contributed by atoms with Crippen LogP contribution in [0.25, 0.3) is 0 Å². The van der Waals surface area contributed by atoms with E-state index in [0.29, 0.717) is 0 Å². The number of rotatable bonds is 6. The van der Waals surface area contributed by atoms with E-state index in [9.17, 15) is 0 Å². The van der Waals surface area contributed by atoms with Gasteiger partial charge in [-0.1, -0.05) is 0 Å². The molecule has 1 atom stereocenters. The number of nitrogens with zero attached hydrogens (tertiary/aromatic N) is 4. The van der Waals surface area contributed by atoms with Crippen LogP contribution in [0.2, 0.25) is 0 Å². The van der Waals surface area contributed by atoms with Gasteiger partial charge < -0.3 is 5.73 Å². The second kappa shape index (κ2) is 5.98. The second-order valence-corrected chi connectivity index (χ2v) is 4.23. The summed E-state index contributed by atoms with van der Waals surface area (Å²) >= 11 is 1.86. The quantitative estimate of drug-likeness (QED) is 0.712. The number of aromatic nitrogens is 4. The van der Waals surface area contributed by atoms with E-state index in [1.165, 1.54) is 12.2 Å². The van der Waals surface area contributed by atoms with Crippen molar-refractivity contribution in [3.63, 3.8) is 0 Å². The topological polar surface area (TPSA) is 69.6 Å². The van der Waals surface area contributed by atoms with Crippen LogP contribution in [0.1, 0.15) is 31.6 Å². The van der Waals surface area contributed by atoms with E-state index in [1.807, 2.05) is 18.7 Å². The highest BCUT2D eigenvalue weighted by molar-refractivity contribution is 7.98. The maximum absolute atomic E-state index is 5.72. The average Bonchev–Trinajstić information content (AvgIpc) is 2.60. The second-order valence-electron chi connectivity index (χ2n) is 3.25. The highest BCUT2D eigenvalue weighted by atomic mass is 32.2. The third kappa shape index (κ3) is 3.26. The molecular weight excluding hydrogens is 198 g/mol. The van der Waals surface area contributed by atoms with E-state index in [4.69, 9.17) is 5.73 Å². The van der Waals surface area contributed by atoms with Crippen molar-refractivity contribution in [2.45, 2.75) is 32.4 Å². The monoisotopic (exact) mass is 215 g/mol. The van der Waals surface area contributed by atoms with Gasteiger partial charge in [-0.15, -0.1) is 5.10 Å². The molecule has 5 nitrogen and oxygen atoms in total. The molecule has 0 amide bonds. The van der Waals surface area contributed by atoms with Gasteiger partial charge in [0.2, 0.25) is 0 Å². The molecule has 0 spiro atoms. The Morgan fingerprint density at radius 1 is 1.50 bits per heavy atom. The molecule has 0 radical (unpaired) electrons. The zero-order valence-corrected chi connectivity index (χ0v) is 9.50. The highest BCUT2D eigenvalue weighted by Gasteiger charge is 2.09. The van der Waals surface area contributed by atoms with Crippen LogP contribution in [0.3, 0.4) is 0 Å². The highest BCUT2D eigenvalue weighted by Crippen LogP contribution is 2.06. The molecule has 1 unspecified atom stereocenters. The lowest BCUT2D eigenvalue weighted by Crippen LogP contribution is -2.14. The number of unbranched alkanes of at least 4 members (excludes halogenated alkanes) is 1. The van der Waals surface area contributed by atoms with Crippen LogP contribution in [-0.2, 0) is 6.54 Å². The Hall–Kier alpha value is -0.620. The fourth-order valence-electron chi connectivity index (χ4n) is 1.20. The minimum absolute atomic E-state index is 0.0921. The maximum Gasteiger partial charge on any atom is 0.167 e. The van der Waals surface area contributed by atoms with Crippen LogP contribution >= 0.6 is 11.8 Å². The zero-order chi connectivity index (χ0) is 10.4. The molecular formula is C8H17N5S. The van der Waals surface area contributed by atoms with Gasteiger partial charge in [0.25, 0.3) is 0 Å². The zero-order valence-electron chi connectivity index (χ0n) is 8.68. The molecule has 80 valence electrons. The number of tetrazole rings is 1. The standard InChI is InChI=1S/C8H17N5S/c1-7(9)8-10-11-12-13(8)5-3-4-6-14-2/h7H,3-6,9H2,1-2H3. The molecule has 0 fully saturated rings. The van der Waals surface area contributed by atoms with Crippen molar-refractivity contribution in [3.8, 4) is 0 Å². The number of aryl methyl sites for hydroxylation is 1. The van der Waals surface area contributed by atoms with Crippen LogP contribution in [0.15, 0.2) is 0 Å². The Kier molecular flexibility index (Phi) is 4.89. The van der Waals surface area contributed by atoms with E-state index in [-0.39, 0.29) is 6.04 Å². The minimum atomic E-state index is -0.0921. The lowest BCUT2D eigenvalue weighted by atomic mass is 10.3. The van der Waals surface area contributed by atoms with Crippen molar-refractivity contribution >= 4 is 11.8 Å². The lowest BCUT2D eigenvalue weighted by molar-refractivity contribution is 0.518. The van der Waals surface area contributed by atoms with Gasteiger partial charge in [-0.3, -0.25) is 0 Å². The summed E-state index contributed by atoms with van der Waals surface area (Å²) in [6.45, 7) is 2.76. The predicted octanol–water partition coefficient (Wildman–Crippen LogP) is 0.836. The SMILES string of the molecule is CSCCCCn1nnnc1C(C)N. The predicted molar refractivity (Wildman–Crippen MR) is 58.0 cm³/mol. The van der Waals surface area contributed by atoms with Crippen molar-refractivity contribution < 1.29 is 0 Å². The summed E-state index contributed by atoms with van der Waals surface area (Å²) < 4.78 is 1.80. The van der Waals surface area contributed by atoms with E-state index in [1.54, 1.807) is 4.68 Å². The number of nitrogens with two attached hydrogens (primary N) is 1. The Labute approximate surface area is 88.4 Å². The molecule has 1 rings (SSSR count). The molecule has 0 bridgehead atoms. The summed E-state index contributed by atoms with van der Waals surface area (Å²) in [7, 11) is 0. The van der Waals surface area contributed by atoms with Crippen LogP contribution in [0.5, 0.6) is 0 Å². The van der Waals surface area contributed by atoms with Crippen LogP contribution < -0.4 is 5.73 Å². The summed E-state index contributed by atoms with van der Waals surface area (Å²) in [5.41, 5.74) is 5.72. The molecule has 1 aromatic rings. The fraction of sp³-hybridized carbons (Fsp3) is 0.875. The molecule has 0 aromatic carbocycles. The molecule has 0 saturated heterocycles. The summed E-state index contributed by atoms with van der Waals surface area (Å²) in [5.74, 6) is 1.96. The van der Waals surface area contributed by atoms with E-state index >= 15 is 0 Å². The summed E-state index contributed by atoms with van der Waals surface area (Å²) in [5, 5.41) is 11.4. The molecule has 1 heterocycles. The van der Waals surface area contributed by atoms with Gasteiger partial charge >= 0.3 is 0 Å². The smallest absolute Gasteiger partial charge is 0.167 e. The van der Waals surface area contributed by atoms with Crippen LogP contribution in [0, 0.1) is 0 Å². The molecule has 0 aliphatic heterocycles. The van der Waals surface area contributed by atoms with E-state index in [2.05, 4.69) is 21.8 Å². The van der Waals surface area contributed by atoms with Gasteiger partial charge in [0.05, 0.1) is 6.04 Å². The molecule has 14 heavy (non-hydrogen) atoms. The van der Waals surface area contributed by atoms with Gasteiger partial charge in [-0.2, -0.15) is 11.8 Å². The van der Waals surface area contributed by atoms with Crippen molar-refractivity contribution in [2.24, 2.45) is 5.73 Å². The summed E-state index contributed by atoms with van der Waals surface area (Å²) in [6, 6.07) is -0.0921. The van der Waals surface area contributed by atoms with Gasteiger partial charge in [0.1, 0.15) is 0 Å².